The first-order valence-electron chi connectivity index (χ1n) is 5.55. The lowest BCUT2D eigenvalue weighted by molar-refractivity contribution is -0.274. The number of benzene rings is 1. The van der Waals surface area contributed by atoms with Gasteiger partial charge in [-0.15, -0.1) is 13.2 Å². The largest absolute Gasteiger partial charge is 0.573 e. The van der Waals surface area contributed by atoms with Gasteiger partial charge in [0, 0.05) is 5.56 Å². The molecule has 2 aromatic rings. The Kier molecular flexibility index (Phi) is 3.69. The van der Waals surface area contributed by atoms with E-state index in [1.54, 1.807) is 6.07 Å². The van der Waals surface area contributed by atoms with Crippen molar-refractivity contribution in [2.45, 2.75) is 6.36 Å². The summed E-state index contributed by atoms with van der Waals surface area (Å²) in [5.74, 6) is 0.0424. The van der Waals surface area contributed by atoms with Gasteiger partial charge < -0.3 is 15.2 Å². The minimum atomic E-state index is -4.71. The van der Waals surface area contributed by atoms with Gasteiger partial charge in [-0.25, -0.2) is 4.98 Å². The van der Waals surface area contributed by atoms with Crippen molar-refractivity contribution < 1.29 is 22.6 Å². The fraction of sp³-hybridized carbons (Fsp3) is 0.154. The van der Waals surface area contributed by atoms with E-state index in [0.29, 0.717) is 22.7 Å². The van der Waals surface area contributed by atoms with Crippen LogP contribution in [0.2, 0.25) is 0 Å². The van der Waals surface area contributed by atoms with Gasteiger partial charge in [0.25, 0.3) is 0 Å². The molecule has 0 aliphatic rings. The van der Waals surface area contributed by atoms with Crippen LogP contribution >= 0.6 is 0 Å². The zero-order valence-corrected chi connectivity index (χ0v) is 10.4. The molecular weight excluding hydrogens is 273 g/mol. The summed E-state index contributed by atoms with van der Waals surface area (Å²) in [7, 11) is 1.45. The average molecular weight is 284 g/mol. The van der Waals surface area contributed by atoms with Crippen LogP contribution in [0.15, 0.2) is 36.5 Å². The zero-order chi connectivity index (χ0) is 14.8. The number of hydrogen-bond donors (Lipinski definition) is 1. The van der Waals surface area contributed by atoms with Gasteiger partial charge in [-0.2, -0.15) is 0 Å². The molecule has 7 heteroatoms. The molecule has 20 heavy (non-hydrogen) atoms. The molecule has 0 saturated carbocycles. The molecule has 0 bridgehead atoms. The van der Waals surface area contributed by atoms with Gasteiger partial charge >= 0.3 is 6.36 Å². The lowest BCUT2D eigenvalue weighted by Crippen LogP contribution is -2.16. The van der Waals surface area contributed by atoms with Crippen molar-refractivity contribution in [3.63, 3.8) is 0 Å². The highest BCUT2D eigenvalue weighted by Gasteiger charge is 2.31. The molecule has 2 N–H and O–H groups in total. The van der Waals surface area contributed by atoms with Crippen LogP contribution in [0.3, 0.4) is 0 Å². The van der Waals surface area contributed by atoms with Gasteiger partial charge in [0.15, 0.2) is 0 Å². The number of hydrogen-bond acceptors (Lipinski definition) is 4. The van der Waals surface area contributed by atoms with E-state index in [9.17, 15) is 13.2 Å². The number of nitrogens with two attached hydrogens (primary N) is 1. The molecule has 106 valence electrons. The quantitative estimate of drug-likeness (QED) is 0.940. The maximum Gasteiger partial charge on any atom is 0.573 e. The average Bonchev–Trinajstić information content (AvgIpc) is 2.38. The Morgan fingerprint density at radius 3 is 2.35 bits per heavy atom. The van der Waals surface area contributed by atoms with Gasteiger partial charge in [0.05, 0.1) is 19.0 Å². The normalized spacial score (nSPS) is 11.2. The van der Waals surface area contributed by atoms with Crippen molar-refractivity contribution in [2.75, 3.05) is 12.8 Å². The smallest absolute Gasteiger partial charge is 0.481 e. The van der Waals surface area contributed by atoms with Crippen molar-refractivity contribution in [1.29, 1.82) is 0 Å². The van der Waals surface area contributed by atoms with Crippen molar-refractivity contribution in [3.05, 3.63) is 36.5 Å². The van der Waals surface area contributed by atoms with E-state index < -0.39 is 6.36 Å². The molecule has 1 aromatic carbocycles. The second-order valence-corrected chi connectivity index (χ2v) is 3.90. The van der Waals surface area contributed by atoms with Gasteiger partial charge in [-0.3, -0.25) is 0 Å². The molecular formula is C13H11F3N2O2. The van der Waals surface area contributed by atoms with Crippen LogP contribution in [0.5, 0.6) is 11.6 Å². The number of nitrogens with zero attached hydrogens (tertiary/aromatic N) is 1. The van der Waals surface area contributed by atoms with E-state index in [0.717, 1.165) is 0 Å². The van der Waals surface area contributed by atoms with Crippen LogP contribution in [0, 0.1) is 0 Å². The highest BCUT2D eigenvalue weighted by molar-refractivity contribution is 5.72. The van der Waals surface area contributed by atoms with E-state index in [1.165, 1.54) is 37.6 Å². The zero-order valence-electron chi connectivity index (χ0n) is 10.4. The topological polar surface area (TPSA) is 57.4 Å². The summed E-state index contributed by atoms with van der Waals surface area (Å²) >= 11 is 0. The maximum atomic E-state index is 12.1. The third-order valence-corrected chi connectivity index (χ3v) is 2.46. The summed E-state index contributed by atoms with van der Waals surface area (Å²) in [5.41, 5.74) is 7.28. The predicted molar refractivity (Wildman–Crippen MR) is 67.3 cm³/mol. The Balaban J connectivity index is 2.33. The molecule has 1 aromatic heterocycles. The highest BCUT2D eigenvalue weighted by atomic mass is 19.4. The number of pyridine rings is 1. The Morgan fingerprint density at radius 1 is 1.15 bits per heavy atom. The summed E-state index contributed by atoms with van der Waals surface area (Å²) < 4.78 is 45.1. The maximum absolute atomic E-state index is 12.1. The molecule has 0 fully saturated rings. The molecule has 1 heterocycles. The van der Waals surface area contributed by atoms with Gasteiger partial charge in [0.1, 0.15) is 5.75 Å². The van der Waals surface area contributed by atoms with Gasteiger partial charge in [0.2, 0.25) is 5.88 Å². The molecule has 0 atom stereocenters. The third kappa shape index (κ3) is 3.31. The van der Waals surface area contributed by atoms with Gasteiger partial charge in [-0.1, -0.05) is 12.1 Å². The molecule has 0 aliphatic carbocycles. The van der Waals surface area contributed by atoms with E-state index in [1.807, 2.05) is 0 Å². The van der Waals surface area contributed by atoms with E-state index in [-0.39, 0.29) is 5.75 Å². The molecule has 0 saturated heterocycles. The number of rotatable bonds is 3. The standard InChI is InChI=1S/C13H11F3N2O2/c1-19-12-11(6-9(17)7-18-12)8-2-4-10(5-3-8)20-13(14,15)16/h2-7H,17H2,1H3. The molecule has 4 nitrogen and oxygen atoms in total. The minimum absolute atomic E-state index is 0.294. The molecule has 0 unspecified atom stereocenters. The Labute approximate surface area is 113 Å². The van der Waals surface area contributed by atoms with Crippen LogP contribution in [0.4, 0.5) is 18.9 Å². The van der Waals surface area contributed by atoms with E-state index in [4.69, 9.17) is 10.5 Å². The van der Waals surface area contributed by atoms with Crippen LogP contribution in [-0.4, -0.2) is 18.5 Å². The summed E-state index contributed by atoms with van der Waals surface area (Å²) in [5, 5.41) is 0. The lowest BCUT2D eigenvalue weighted by atomic mass is 10.1. The van der Waals surface area contributed by atoms with Crippen LogP contribution in [0.1, 0.15) is 0 Å². The van der Waals surface area contributed by atoms with Crippen LogP contribution < -0.4 is 15.2 Å². The number of methoxy groups -OCH3 is 1. The highest BCUT2D eigenvalue weighted by Crippen LogP contribution is 2.31. The first-order chi connectivity index (χ1) is 9.39. The Morgan fingerprint density at radius 2 is 1.80 bits per heavy atom. The lowest BCUT2D eigenvalue weighted by Gasteiger charge is -2.11. The molecule has 0 amide bonds. The number of anilines is 1. The Bertz CT molecular complexity index is 598. The van der Waals surface area contributed by atoms with E-state index >= 15 is 0 Å². The summed E-state index contributed by atoms with van der Waals surface area (Å²) in [6.07, 6.45) is -3.28. The number of aromatic nitrogens is 1. The van der Waals surface area contributed by atoms with Crippen LogP contribution in [0.25, 0.3) is 11.1 Å². The Hall–Kier alpha value is -2.44. The SMILES string of the molecule is COc1ncc(N)cc1-c1ccc(OC(F)(F)F)cc1. The fourth-order valence-electron chi connectivity index (χ4n) is 1.67. The fourth-order valence-corrected chi connectivity index (χ4v) is 1.67. The summed E-state index contributed by atoms with van der Waals surface area (Å²) in [4.78, 5) is 4.00. The monoisotopic (exact) mass is 284 g/mol. The number of nitrogen functional groups attached to an aromatic ring is 1. The number of alkyl halides is 3. The molecule has 0 aliphatic heterocycles. The second-order valence-electron chi connectivity index (χ2n) is 3.90. The molecule has 2 rings (SSSR count). The van der Waals surface area contributed by atoms with E-state index in [2.05, 4.69) is 9.72 Å². The van der Waals surface area contributed by atoms with Gasteiger partial charge in [-0.05, 0) is 23.8 Å². The minimum Gasteiger partial charge on any atom is -0.481 e. The van der Waals surface area contributed by atoms with Crippen molar-refractivity contribution in [3.8, 4) is 22.8 Å². The molecule has 0 spiro atoms. The number of halogens is 3. The molecule has 0 radical (unpaired) electrons. The van der Waals surface area contributed by atoms with Crippen molar-refractivity contribution in [1.82, 2.24) is 4.98 Å². The first kappa shape index (κ1) is 14.0. The van der Waals surface area contributed by atoms with Crippen molar-refractivity contribution in [2.24, 2.45) is 0 Å². The third-order valence-electron chi connectivity index (χ3n) is 2.46. The summed E-state index contributed by atoms with van der Waals surface area (Å²) in [6, 6.07) is 7.00. The first-order valence-corrected chi connectivity index (χ1v) is 5.55. The van der Waals surface area contributed by atoms with Crippen LogP contribution in [-0.2, 0) is 0 Å². The number of ether oxygens (including phenoxy) is 2. The summed E-state index contributed by atoms with van der Waals surface area (Å²) in [6.45, 7) is 0. The second kappa shape index (κ2) is 5.28. The predicted octanol–water partition coefficient (Wildman–Crippen LogP) is 3.24. The van der Waals surface area contributed by atoms with Crippen molar-refractivity contribution >= 4 is 5.69 Å².